The summed E-state index contributed by atoms with van der Waals surface area (Å²) in [6.07, 6.45) is -0.779. The highest BCUT2D eigenvalue weighted by molar-refractivity contribution is 5.82. The number of hydrogen-bond donors (Lipinski definition) is 4. The first-order valence-corrected chi connectivity index (χ1v) is 7.72. The van der Waals surface area contributed by atoms with Crippen LogP contribution in [0.15, 0.2) is 18.2 Å². The number of aliphatic hydroxyl groups excluding tert-OH is 2. The number of imidazole rings is 1. The van der Waals surface area contributed by atoms with Crippen LogP contribution in [0.3, 0.4) is 0 Å². The summed E-state index contributed by atoms with van der Waals surface area (Å²) in [6.45, 7) is 2.03. The Morgan fingerprint density at radius 1 is 1.52 bits per heavy atom. The van der Waals surface area contributed by atoms with Gasteiger partial charge in [0.25, 0.3) is 0 Å². The fourth-order valence-electron chi connectivity index (χ4n) is 2.93. The number of H-pyrrole nitrogens is 1. The molecule has 2 aromatic rings. The van der Waals surface area contributed by atoms with E-state index in [2.05, 4.69) is 15.3 Å². The Morgan fingerprint density at radius 3 is 3.13 bits per heavy atom. The summed E-state index contributed by atoms with van der Waals surface area (Å²) in [5, 5.41) is 22.0. The van der Waals surface area contributed by atoms with Crippen molar-refractivity contribution in [1.82, 2.24) is 15.3 Å². The quantitative estimate of drug-likeness (QED) is 0.636. The summed E-state index contributed by atoms with van der Waals surface area (Å²) in [5.74, 6) is 0.671. The Morgan fingerprint density at radius 2 is 2.35 bits per heavy atom. The number of amides is 1. The molecule has 0 saturated carbocycles. The topological polar surface area (TPSA) is 107 Å². The Balaban J connectivity index is 1.63. The van der Waals surface area contributed by atoms with E-state index in [-0.39, 0.29) is 18.9 Å². The first kappa shape index (κ1) is 15.9. The maximum Gasteiger partial charge on any atom is 0.224 e. The molecule has 3 atom stereocenters. The van der Waals surface area contributed by atoms with Gasteiger partial charge in [0, 0.05) is 6.61 Å². The second-order valence-electron chi connectivity index (χ2n) is 5.90. The van der Waals surface area contributed by atoms with Crippen molar-refractivity contribution in [2.45, 2.75) is 38.0 Å². The number of fused-ring (bicyclic) bond motifs is 1. The molecule has 1 fully saturated rings. The average Bonchev–Trinajstić information content (AvgIpc) is 2.88. The van der Waals surface area contributed by atoms with Gasteiger partial charge in [0.2, 0.25) is 5.91 Å². The number of benzene rings is 1. The largest absolute Gasteiger partial charge is 0.394 e. The van der Waals surface area contributed by atoms with Crippen LogP contribution in [0.5, 0.6) is 0 Å². The Hall–Kier alpha value is -1.96. The average molecular weight is 319 g/mol. The van der Waals surface area contributed by atoms with Crippen molar-refractivity contribution in [2.75, 3.05) is 13.2 Å². The summed E-state index contributed by atoms with van der Waals surface area (Å²) in [7, 11) is 0. The molecule has 3 rings (SSSR count). The van der Waals surface area contributed by atoms with Gasteiger partial charge in [0.05, 0.1) is 30.1 Å². The number of aryl methyl sites for hydroxylation is 1. The highest BCUT2D eigenvalue weighted by Crippen LogP contribution is 2.16. The van der Waals surface area contributed by atoms with Crippen molar-refractivity contribution < 1.29 is 19.7 Å². The fourth-order valence-corrected chi connectivity index (χ4v) is 2.93. The van der Waals surface area contributed by atoms with Gasteiger partial charge >= 0.3 is 0 Å². The van der Waals surface area contributed by atoms with E-state index in [1.807, 2.05) is 25.1 Å². The molecule has 1 aromatic heterocycles. The maximum atomic E-state index is 12.2. The van der Waals surface area contributed by atoms with Gasteiger partial charge in [-0.25, -0.2) is 4.98 Å². The van der Waals surface area contributed by atoms with Crippen molar-refractivity contribution in [2.24, 2.45) is 0 Å². The van der Waals surface area contributed by atoms with E-state index in [0.29, 0.717) is 13.0 Å². The number of nitrogens with one attached hydrogen (secondary N) is 2. The molecule has 23 heavy (non-hydrogen) atoms. The highest BCUT2D eigenvalue weighted by atomic mass is 16.5. The molecule has 1 amide bonds. The van der Waals surface area contributed by atoms with E-state index in [9.17, 15) is 9.90 Å². The highest BCUT2D eigenvalue weighted by Gasteiger charge is 2.33. The fraction of sp³-hybridized carbons (Fsp3) is 0.500. The molecule has 0 radical (unpaired) electrons. The number of nitrogens with zero attached hydrogens (tertiary/aromatic N) is 1. The smallest absolute Gasteiger partial charge is 0.224 e. The number of ether oxygens (including phenoxy) is 1. The van der Waals surface area contributed by atoms with E-state index in [1.54, 1.807) is 0 Å². The molecular weight excluding hydrogens is 298 g/mol. The minimum Gasteiger partial charge on any atom is -0.394 e. The van der Waals surface area contributed by atoms with Crippen LogP contribution in [0, 0.1) is 6.92 Å². The number of hydrogen-bond acceptors (Lipinski definition) is 5. The van der Waals surface area contributed by atoms with Gasteiger partial charge < -0.3 is 25.3 Å². The lowest BCUT2D eigenvalue weighted by Crippen LogP contribution is -2.54. The van der Waals surface area contributed by atoms with Crippen LogP contribution in [0.4, 0.5) is 0 Å². The molecule has 1 aliphatic heterocycles. The van der Waals surface area contributed by atoms with Gasteiger partial charge in [-0.05, 0) is 31.0 Å². The van der Waals surface area contributed by atoms with E-state index < -0.39 is 18.2 Å². The number of carbonyl (C=O) groups is 1. The molecule has 4 N–H and O–H groups in total. The molecule has 0 spiro atoms. The number of aliphatic hydroxyl groups is 2. The Bertz CT molecular complexity index is 700. The zero-order chi connectivity index (χ0) is 16.4. The van der Waals surface area contributed by atoms with Crippen LogP contribution in [0.25, 0.3) is 11.0 Å². The van der Waals surface area contributed by atoms with Gasteiger partial charge in [-0.2, -0.15) is 0 Å². The van der Waals surface area contributed by atoms with Crippen molar-refractivity contribution in [3.05, 3.63) is 29.6 Å². The zero-order valence-corrected chi connectivity index (χ0v) is 13.0. The van der Waals surface area contributed by atoms with Crippen molar-refractivity contribution >= 4 is 16.9 Å². The molecule has 124 valence electrons. The molecule has 1 aromatic carbocycles. The molecule has 0 unspecified atom stereocenters. The first-order valence-electron chi connectivity index (χ1n) is 7.72. The summed E-state index contributed by atoms with van der Waals surface area (Å²) in [5.41, 5.74) is 2.65. The first-order chi connectivity index (χ1) is 11.1. The van der Waals surface area contributed by atoms with Crippen LogP contribution in [0.2, 0.25) is 0 Å². The molecule has 0 bridgehead atoms. The second kappa shape index (κ2) is 6.66. The van der Waals surface area contributed by atoms with Crippen LogP contribution >= 0.6 is 0 Å². The van der Waals surface area contributed by atoms with Gasteiger partial charge in [-0.1, -0.05) is 6.07 Å². The number of carbonyl (C=O) groups excluding carboxylic acids is 1. The van der Waals surface area contributed by atoms with Gasteiger partial charge in [-0.3, -0.25) is 4.79 Å². The van der Waals surface area contributed by atoms with Crippen molar-refractivity contribution in [3.63, 3.8) is 0 Å². The lowest BCUT2D eigenvalue weighted by molar-refractivity contribution is -0.131. The van der Waals surface area contributed by atoms with Crippen molar-refractivity contribution in [3.8, 4) is 0 Å². The molecule has 7 heteroatoms. The summed E-state index contributed by atoms with van der Waals surface area (Å²) < 4.78 is 5.26. The third-order valence-corrected chi connectivity index (χ3v) is 4.11. The SMILES string of the molecule is Cc1nc2ccc(CC(=O)N[C@H]3CCO[C@H](CO)[C@H]3O)cc2[nH]1. The van der Waals surface area contributed by atoms with Crippen LogP contribution in [-0.2, 0) is 16.0 Å². The normalized spacial score (nSPS) is 24.7. The van der Waals surface area contributed by atoms with E-state index in [4.69, 9.17) is 9.84 Å². The number of rotatable bonds is 4. The Labute approximate surface area is 133 Å². The molecule has 0 aliphatic carbocycles. The monoisotopic (exact) mass is 319 g/mol. The van der Waals surface area contributed by atoms with Gasteiger partial charge in [0.1, 0.15) is 18.0 Å². The van der Waals surface area contributed by atoms with Crippen LogP contribution in [-0.4, -0.2) is 57.6 Å². The lowest BCUT2D eigenvalue weighted by Gasteiger charge is -2.34. The third kappa shape index (κ3) is 3.52. The zero-order valence-electron chi connectivity index (χ0n) is 13.0. The van der Waals surface area contributed by atoms with Crippen LogP contribution < -0.4 is 5.32 Å². The summed E-state index contributed by atoms with van der Waals surface area (Å²) in [4.78, 5) is 19.7. The maximum absolute atomic E-state index is 12.2. The molecular formula is C16H21N3O4. The Kier molecular flexibility index (Phi) is 4.61. The molecule has 2 heterocycles. The van der Waals surface area contributed by atoms with E-state index in [0.717, 1.165) is 22.4 Å². The predicted octanol–water partition coefficient (Wildman–Crippen LogP) is 0.0407. The second-order valence-corrected chi connectivity index (χ2v) is 5.90. The van der Waals surface area contributed by atoms with Crippen LogP contribution in [0.1, 0.15) is 17.8 Å². The standard InChI is InChI=1S/C16H21N3O4/c1-9-17-11-3-2-10(6-13(11)18-9)7-15(21)19-12-4-5-23-14(8-20)16(12)22/h2-3,6,12,14,16,20,22H,4-5,7-8H2,1H3,(H,17,18)(H,19,21)/t12-,14+,16-/m0/s1. The summed E-state index contributed by atoms with van der Waals surface area (Å²) in [6, 6.07) is 5.27. The van der Waals surface area contributed by atoms with Crippen molar-refractivity contribution in [1.29, 1.82) is 0 Å². The van der Waals surface area contributed by atoms with E-state index >= 15 is 0 Å². The number of aromatic amines is 1. The summed E-state index contributed by atoms with van der Waals surface area (Å²) >= 11 is 0. The van der Waals surface area contributed by atoms with Gasteiger partial charge in [0.15, 0.2) is 0 Å². The molecule has 7 nitrogen and oxygen atoms in total. The molecule has 1 aliphatic rings. The lowest BCUT2D eigenvalue weighted by atomic mass is 9.99. The minimum atomic E-state index is -0.893. The molecule has 1 saturated heterocycles. The van der Waals surface area contributed by atoms with E-state index in [1.165, 1.54) is 0 Å². The van der Waals surface area contributed by atoms with Gasteiger partial charge in [-0.15, -0.1) is 0 Å². The predicted molar refractivity (Wildman–Crippen MR) is 83.9 cm³/mol. The minimum absolute atomic E-state index is 0.164. The number of aromatic nitrogens is 2. The third-order valence-electron chi connectivity index (χ3n) is 4.11.